The quantitative estimate of drug-likeness (QED) is 0.757. The molecule has 0 aromatic carbocycles. The lowest BCUT2D eigenvalue weighted by Gasteiger charge is -2.20. The molecule has 29 heavy (non-hydrogen) atoms. The van der Waals surface area contributed by atoms with Crippen molar-refractivity contribution in [3.63, 3.8) is 0 Å². The highest BCUT2D eigenvalue weighted by Gasteiger charge is 2.41. The fourth-order valence-electron chi connectivity index (χ4n) is 4.03. The second-order valence-corrected chi connectivity index (χ2v) is 7.95. The molecule has 160 valence electrons. The second-order valence-electron chi connectivity index (χ2n) is 7.95. The van der Waals surface area contributed by atoms with Crippen molar-refractivity contribution in [1.82, 2.24) is 24.9 Å². The van der Waals surface area contributed by atoms with Gasteiger partial charge in [-0.15, -0.1) is 0 Å². The first-order chi connectivity index (χ1) is 13.6. The van der Waals surface area contributed by atoms with Gasteiger partial charge >= 0.3 is 6.18 Å². The van der Waals surface area contributed by atoms with E-state index >= 15 is 0 Å². The molecule has 0 spiro atoms. The lowest BCUT2D eigenvalue weighted by Crippen LogP contribution is -2.37. The molecule has 2 heterocycles. The molecule has 1 N–H and O–H groups in total. The number of carbonyl (C=O) groups excluding carboxylic acids is 1. The molecule has 2 atom stereocenters. The molecule has 1 amide bonds. The van der Waals surface area contributed by atoms with Gasteiger partial charge in [-0.1, -0.05) is 13.8 Å². The summed E-state index contributed by atoms with van der Waals surface area (Å²) in [6, 6.07) is 1.26. The van der Waals surface area contributed by atoms with Crippen LogP contribution in [-0.4, -0.2) is 32.0 Å². The van der Waals surface area contributed by atoms with Crippen molar-refractivity contribution in [1.29, 1.82) is 0 Å². The zero-order valence-corrected chi connectivity index (χ0v) is 17.3. The third kappa shape index (κ3) is 4.48. The van der Waals surface area contributed by atoms with Crippen molar-refractivity contribution in [2.75, 3.05) is 6.54 Å². The number of fused-ring (bicyclic) bond motifs is 1. The molecule has 3 rings (SSSR count). The first-order valence-corrected chi connectivity index (χ1v) is 10.1. The van der Waals surface area contributed by atoms with Crippen LogP contribution < -0.4 is 5.32 Å². The van der Waals surface area contributed by atoms with Crippen LogP contribution in [0.1, 0.15) is 61.1 Å². The van der Waals surface area contributed by atoms with Crippen molar-refractivity contribution >= 4 is 5.91 Å². The highest BCUT2D eigenvalue weighted by molar-refractivity contribution is 5.80. The maximum absolute atomic E-state index is 13.3. The van der Waals surface area contributed by atoms with Crippen LogP contribution in [0.5, 0.6) is 0 Å². The molecule has 2 aromatic heterocycles. The van der Waals surface area contributed by atoms with Crippen LogP contribution in [0, 0.1) is 19.8 Å². The number of alkyl halides is 3. The molecule has 0 saturated heterocycles. The van der Waals surface area contributed by atoms with Crippen molar-refractivity contribution in [3.8, 4) is 0 Å². The van der Waals surface area contributed by atoms with E-state index in [2.05, 4.69) is 15.5 Å². The first kappa shape index (κ1) is 21.4. The van der Waals surface area contributed by atoms with Gasteiger partial charge in [0.25, 0.3) is 0 Å². The maximum Gasteiger partial charge on any atom is 0.435 e. The fraction of sp³-hybridized carbons (Fsp3) is 0.650. The van der Waals surface area contributed by atoms with E-state index in [0.29, 0.717) is 44.5 Å². The molecule has 0 unspecified atom stereocenters. The standard InChI is InChI=1S/C20H28F3N5O/c1-5-16(28-17-8-6-7-15(17)18(26-28)20(21,22)23)19(29)24-10-12(2)11-27-14(4)9-13(3)25-27/h9,12,16H,5-8,10-11H2,1-4H3,(H,24,29)/t12-,16-/m0/s1. The molecule has 2 aromatic rings. The van der Waals surface area contributed by atoms with Crippen LogP contribution in [-0.2, 0) is 30.4 Å². The van der Waals surface area contributed by atoms with Gasteiger partial charge in [0.1, 0.15) is 6.04 Å². The van der Waals surface area contributed by atoms with Gasteiger partial charge in [0.15, 0.2) is 5.69 Å². The summed E-state index contributed by atoms with van der Waals surface area (Å²) >= 11 is 0. The van der Waals surface area contributed by atoms with Gasteiger partial charge in [-0.2, -0.15) is 23.4 Å². The molecule has 9 heteroatoms. The Morgan fingerprint density at radius 2 is 2.00 bits per heavy atom. The van der Waals surface area contributed by atoms with Crippen LogP contribution >= 0.6 is 0 Å². The van der Waals surface area contributed by atoms with E-state index in [-0.39, 0.29) is 17.4 Å². The minimum Gasteiger partial charge on any atom is -0.354 e. The van der Waals surface area contributed by atoms with Crippen molar-refractivity contribution in [2.45, 2.75) is 72.1 Å². The molecule has 1 aliphatic rings. The summed E-state index contributed by atoms with van der Waals surface area (Å²) in [6.07, 6.45) is -2.57. The molecular weight excluding hydrogens is 383 g/mol. The van der Waals surface area contributed by atoms with Crippen LogP contribution in [0.3, 0.4) is 0 Å². The SMILES string of the molecule is CC[C@@H](C(=O)NC[C@H](C)Cn1nc(C)cc1C)n1nc(C(F)(F)F)c2c1CCC2. The van der Waals surface area contributed by atoms with Crippen molar-refractivity contribution in [3.05, 3.63) is 34.4 Å². The van der Waals surface area contributed by atoms with E-state index < -0.39 is 17.9 Å². The Balaban J connectivity index is 1.69. The highest BCUT2D eigenvalue weighted by atomic mass is 19.4. The largest absolute Gasteiger partial charge is 0.435 e. The van der Waals surface area contributed by atoms with Gasteiger partial charge in [-0.05, 0) is 51.5 Å². The third-order valence-electron chi connectivity index (χ3n) is 5.42. The van der Waals surface area contributed by atoms with Crippen molar-refractivity contribution < 1.29 is 18.0 Å². The molecule has 0 aliphatic heterocycles. The number of aryl methyl sites for hydroxylation is 2. The second kappa shape index (κ2) is 8.20. The van der Waals surface area contributed by atoms with Crippen LogP contribution in [0.25, 0.3) is 0 Å². The number of nitrogens with one attached hydrogen (secondary N) is 1. The van der Waals surface area contributed by atoms with E-state index in [0.717, 1.165) is 11.4 Å². The van der Waals surface area contributed by atoms with Gasteiger partial charge in [-0.3, -0.25) is 14.2 Å². The summed E-state index contributed by atoms with van der Waals surface area (Å²) in [7, 11) is 0. The zero-order chi connectivity index (χ0) is 21.3. The number of hydrogen-bond donors (Lipinski definition) is 1. The highest BCUT2D eigenvalue weighted by Crippen LogP contribution is 2.37. The number of rotatable bonds is 7. The van der Waals surface area contributed by atoms with Gasteiger partial charge in [0.05, 0.1) is 5.69 Å². The number of halogens is 3. The Bertz CT molecular complexity index is 884. The average molecular weight is 411 g/mol. The number of nitrogens with zero attached hydrogens (tertiary/aromatic N) is 4. The number of aromatic nitrogens is 4. The van der Waals surface area contributed by atoms with E-state index in [4.69, 9.17) is 0 Å². The zero-order valence-electron chi connectivity index (χ0n) is 17.3. The fourth-order valence-corrected chi connectivity index (χ4v) is 4.03. The average Bonchev–Trinajstić information content (AvgIpc) is 3.30. The predicted octanol–water partition coefficient (Wildman–Crippen LogP) is 3.61. The summed E-state index contributed by atoms with van der Waals surface area (Å²) in [6.45, 7) is 8.79. The van der Waals surface area contributed by atoms with E-state index in [1.807, 2.05) is 31.5 Å². The van der Waals surface area contributed by atoms with E-state index in [1.165, 1.54) is 4.68 Å². The summed E-state index contributed by atoms with van der Waals surface area (Å²) in [5, 5.41) is 11.1. The Morgan fingerprint density at radius 3 is 2.59 bits per heavy atom. The van der Waals surface area contributed by atoms with Gasteiger partial charge in [0, 0.05) is 30.0 Å². The van der Waals surface area contributed by atoms with Crippen LogP contribution in [0.2, 0.25) is 0 Å². The molecule has 0 bridgehead atoms. The third-order valence-corrected chi connectivity index (χ3v) is 5.42. The summed E-state index contributed by atoms with van der Waals surface area (Å²) in [4.78, 5) is 12.8. The molecule has 0 radical (unpaired) electrons. The molecule has 1 aliphatic carbocycles. The van der Waals surface area contributed by atoms with Crippen molar-refractivity contribution in [2.24, 2.45) is 5.92 Å². The maximum atomic E-state index is 13.3. The monoisotopic (exact) mass is 411 g/mol. The van der Waals surface area contributed by atoms with Crippen LogP contribution in [0.4, 0.5) is 13.2 Å². The summed E-state index contributed by atoms with van der Waals surface area (Å²) < 4.78 is 43.2. The molecule has 0 saturated carbocycles. The molecular formula is C20H28F3N5O. The summed E-state index contributed by atoms with van der Waals surface area (Å²) in [5.74, 6) is -0.165. The topological polar surface area (TPSA) is 64.7 Å². The van der Waals surface area contributed by atoms with Crippen LogP contribution in [0.15, 0.2) is 6.07 Å². The van der Waals surface area contributed by atoms with Gasteiger partial charge < -0.3 is 5.32 Å². The van der Waals surface area contributed by atoms with Gasteiger partial charge in [-0.25, -0.2) is 0 Å². The number of hydrogen-bond acceptors (Lipinski definition) is 3. The Hall–Kier alpha value is -2.32. The number of carbonyl (C=O) groups is 1. The molecule has 6 nitrogen and oxygen atoms in total. The number of amides is 1. The Labute approximate surface area is 168 Å². The lowest BCUT2D eigenvalue weighted by molar-refractivity contribution is -0.142. The van der Waals surface area contributed by atoms with E-state index in [9.17, 15) is 18.0 Å². The normalized spacial score (nSPS) is 16.0. The first-order valence-electron chi connectivity index (χ1n) is 10.1. The Kier molecular flexibility index (Phi) is 6.05. The Morgan fingerprint density at radius 1 is 1.28 bits per heavy atom. The summed E-state index contributed by atoms with van der Waals surface area (Å²) in [5.41, 5.74) is 1.96. The minimum absolute atomic E-state index is 0.128. The molecule has 0 fully saturated rings. The lowest BCUT2D eigenvalue weighted by atomic mass is 10.1. The predicted molar refractivity (Wildman–Crippen MR) is 102 cm³/mol. The van der Waals surface area contributed by atoms with E-state index in [1.54, 1.807) is 6.92 Å². The minimum atomic E-state index is -4.50. The van der Waals surface area contributed by atoms with Gasteiger partial charge in [0.2, 0.25) is 5.91 Å². The smallest absolute Gasteiger partial charge is 0.354 e.